The van der Waals surface area contributed by atoms with Crippen LogP contribution in [0.3, 0.4) is 0 Å². The Morgan fingerprint density at radius 1 is 1.58 bits per heavy atom. The Labute approximate surface area is 74.2 Å². The fraction of sp³-hybridized carbons (Fsp3) is 0.545. The molecule has 0 aromatic rings. The van der Waals surface area contributed by atoms with Gasteiger partial charge in [0, 0.05) is 5.41 Å². The monoisotopic (exact) mass is 164 g/mol. The molecule has 1 aliphatic rings. The van der Waals surface area contributed by atoms with Gasteiger partial charge in [-0.2, -0.15) is 0 Å². The van der Waals surface area contributed by atoms with Crippen LogP contribution in [-0.4, -0.2) is 6.29 Å². The third-order valence-corrected chi connectivity index (χ3v) is 2.73. The van der Waals surface area contributed by atoms with Crippen molar-refractivity contribution in [2.75, 3.05) is 0 Å². The van der Waals surface area contributed by atoms with Crippen LogP contribution in [0.1, 0.15) is 27.2 Å². The van der Waals surface area contributed by atoms with Crippen molar-refractivity contribution in [1.29, 1.82) is 0 Å². The van der Waals surface area contributed by atoms with Crippen molar-refractivity contribution in [2.45, 2.75) is 27.2 Å². The van der Waals surface area contributed by atoms with Crippen LogP contribution in [0.2, 0.25) is 0 Å². The van der Waals surface area contributed by atoms with Crippen LogP contribution in [0.5, 0.6) is 0 Å². The lowest BCUT2D eigenvalue weighted by molar-refractivity contribution is -0.115. The number of carbonyl (C=O) groups excluding carboxylic acids is 1. The summed E-state index contributed by atoms with van der Waals surface area (Å²) in [7, 11) is 0. The van der Waals surface area contributed by atoms with Crippen molar-refractivity contribution >= 4 is 6.29 Å². The van der Waals surface area contributed by atoms with Crippen LogP contribution in [0.4, 0.5) is 0 Å². The molecule has 0 heterocycles. The number of hydrogen-bond acceptors (Lipinski definition) is 1. The normalized spacial score (nSPS) is 28.8. The molecule has 0 spiro atoms. The van der Waals surface area contributed by atoms with E-state index in [-0.39, 0.29) is 5.41 Å². The van der Waals surface area contributed by atoms with Crippen LogP contribution >= 0.6 is 0 Å². The van der Waals surface area contributed by atoms with Gasteiger partial charge in [0.1, 0.15) is 6.29 Å². The number of carbonyl (C=O) groups is 1. The van der Waals surface area contributed by atoms with E-state index in [9.17, 15) is 4.79 Å². The Kier molecular flexibility index (Phi) is 2.51. The van der Waals surface area contributed by atoms with E-state index in [0.29, 0.717) is 5.92 Å². The molecule has 0 bridgehead atoms. The highest BCUT2D eigenvalue weighted by Gasteiger charge is 2.30. The van der Waals surface area contributed by atoms with Crippen molar-refractivity contribution in [2.24, 2.45) is 11.3 Å². The molecule has 1 atom stereocenters. The van der Waals surface area contributed by atoms with Gasteiger partial charge in [-0.05, 0) is 19.3 Å². The first kappa shape index (κ1) is 9.24. The maximum absolute atomic E-state index is 10.9. The Hall–Kier alpha value is -0.850. The predicted octanol–water partition coefficient (Wildman–Crippen LogP) is 2.73. The summed E-state index contributed by atoms with van der Waals surface area (Å²) in [6, 6.07) is 0. The maximum atomic E-state index is 10.9. The summed E-state index contributed by atoms with van der Waals surface area (Å²) in [5.41, 5.74) is 1.02. The highest BCUT2D eigenvalue weighted by Crippen LogP contribution is 2.34. The molecule has 1 unspecified atom stereocenters. The molecular weight excluding hydrogens is 148 g/mol. The minimum Gasteiger partial charge on any atom is -0.302 e. The molecule has 1 rings (SSSR count). The standard InChI is InChI=1S/C11H16O/c1-9(2)11(8-12)6-4-10(3)5-7-11/h4-6,8-9H,7H2,1-3H3. The molecule has 1 heteroatoms. The third-order valence-electron chi connectivity index (χ3n) is 2.73. The van der Waals surface area contributed by atoms with E-state index in [0.717, 1.165) is 12.7 Å². The molecule has 0 aliphatic heterocycles. The molecule has 0 N–H and O–H groups in total. The molecular formula is C11H16O. The van der Waals surface area contributed by atoms with Crippen molar-refractivity contribution in [3.05, 3.63) is 23.8 Å². The van der Waals surface area contributed by atoms with Gasteiger partial charge < -0.3 is 4.79 Å². The Balaban J connectivity index is 2.87. The molecule has 0 radical (unpaired) electrons. The summed E-state index contributed by atoms with van der Waals surface area (Å²) >= 11 is 0. The minimum atomic E-state index is -0.237. The lowest BCUT2D eigenvalue weighted by Crippen LogP contribution is -2.27. The molecule has 1 aliphatic carbocycles. The minimum absolute atomic E-state index is 0.237. The Morgan fingerprint density at radius 2 is 2.25 bits per heavy atom. The number of allylic oxidation sites excluding steroid dienone is 4. The van der Waals surface area contributed by atoms with Gasteiger partial charge in [0.25, 0.3) is 0 Å². The highest BCUT2D eigenvalue weighted by atomic mass is 16.1. The summed E-state index contributed by atoms with van der Waals surface area (Å²) in [6.45, 7) is 6.24. The van der Waals surface area contributed by atoms with E-state index in [1.54, 1.807) is 0 Å². The fourth-order valence-corrected chi connectivity index (χ4v) is 1.41. The summed E-state index contributed by atoms with van der Waals surface area (Å²) in [6.07, 6.45) is 8.15. The first-order valence-electron chi connectivity index (χ1n) is 4.43. The van der Waals surface area contributed by atoms with Gasteiger partial charge in [-0.15, -0.1) is 0 Å². The van der Waals surface area contributed by atoms with Crippen LogP contribution in [0.25, 0.3) is 0 Å². The molecule has 66 valence electrons. The van der Waals surface area contributed by atoms with Crippen molar-refractivity contribution in [3.8, 4) is 0 Å². The second kappa shape index (κ2) is 3.26. The van der Waals surface area contributed by atoms with Gasteiger partial charge in [0.15, 0.2) is 0 Å². The SMILES string of the molecule is CC1=CCC(C=O)(C(C)C)C=C1. The van der Waals surface area contributed by atoms with Crippen LogP contribution in [0.15, 0.2) is 23.8 Å². The molecule has 0 fully saturated rings. The van der Waals surface area contributed by atoms with Gasteiger partial charge in [0.2, 0.25) is 0 Å². The van der Waals surface area contributed by atoms with Gasteiger partial charge in [-0.3, -0.25) is 0 Å². The smallest absolute Gasteiger partial charge is 0.130 e. The maximum Gasteiger partial charge on any atom is 0.130 e. The second-order valence-corrected chi connectivity index (χ2v) is 3.87. The molecule has 0 aromatic heterocycles. The molecule has 0 amide bonds. The van der Waals surface area contributed by atoms with Crippen molar-refractivity contribution in [1.82, 2.24) is 0 Å². The van der Waals surface area contributed by atoms with Gasteiger partial charge in [0.05, 0.1) is 0 Å². The van der Waals surface area contributed by atoms with E-state index >= 15 is 0 Å². The largest absolute Gasteiger partial charge is 0.302 e. The summed E-state index contributed by atoms with van der Waals surface area (Å²) < 4.78 is 0. The molecule has 12 heavy (non-hydrogen) atoms. The topological polar surface area (TPSA) is 17.1 Å². The van der Waals surface area contributed by atoms with Gasteiger partial charge >= 0.3 is 0 Å². The fourth-order valence-electron chi connectivity index (χ4n) is 1.41. The molecule has 0 saturated carbocycles. The quantitative estimate of drug-likeness (QED) is 0.573. The van der Waals surface area contributed by atoms with Crippen LogP contribution in [-0.2, 0) is 4.79 Å². The zero-order chi connectivity index (χ0) is 9.19. The lowest BCUT2D eigenvalue weighted by Gasteiger charge is -2.29. The van der Waals surface area contributed by atoms with Gasteiger partial charge in [-0.1, -0.05) is 37.6 Å². The van der Waals surface area contributed by atoms with Crippen molar-refractivity contribution < 1.29 is 4.79 Å². The molecule has 0 saturated heterocycles. The van der Waals surface area contributed by atoms with E-state index in [4.69, 9.17) is 0 Å². The number of rotatable bonds is 2. The van der Waals surface area contributed by atoms with Crippen LogP contribution < -0.4 is 0 Å². The predicted molar refractivity (Wildman–Crippen MR) is 50.8 cm³/mol. The average molecular weight is 164 g/mol. The molecule has 1 nitrogen and oxygen atoms in total. The summed E-state index contributed by atoms with van der Waals surface area (Å²) in [5, 5.41) is 0. The highest BCUT2D eigenvalue weighted by molar-refractivity contribution is 5.65. The number of hydrogen-bond donors (Lipinski definition) is 0. The van der Waals surface area contributed by atoms with E-state index < -0.39 is 0 Å². The third kappa shape index (κ3) is 1.50. The first-order chi connectivity index (χ1) is 5.60. The van der Waals surface area contributed by atoms with Crippen LogP contribution in [0, 0.1) is 11.3 Å². The van der Waals surface area contributed by atoms with E-state index in [1.807, 2.05) is 12.2 Å². The second-order valence-electron chi connectivity index (χ2n) is 3.87. The van der Waals surface area contributed by atoms with Crippen molar-refractivity contribution in [3.63, 3.8) is 0 Å². The summed E-state index contributed by atoms with van der Waals surface area (Å²) in [5.74, 6) is 0.385. The Bertz CT molecular complexity index is 235. The zero-order valence-corrected chi connectivity index (χ0v) is 8.00. The zero-order valence-electron chi connectivity index (χ0n) is 8.00. The van der Waals surface area contributed by atoms with E-state index in [1.165, 1.54) is 5.57 Å². The Morgan fingerprint density at radius 3 is 2.58 bits per heavy atom. The van der Waals surface area contributed by atoms with E-state index in [2.05, 4.69) is 26.8 Å². The average Bonchev–Trinajstić information content (AvgIpc) is 2.06. The first-order valence-corrected chi connectivity index (χ1v) is 4.43. The molecule has 0 aromatic carbocycles. The van der Waals surface area contributed by atoms with Gasteiger partial charge in [-0.25, -0.2) is 0 Å². The number of aldehydes is 1. The lowest BCUT2D eigenvalue weighted by atomic mass is 9.73. The summed E-state index contributed by atoms with van der Waals surface area (Å²) in [4.78, 5) is 10.9.